The number of sulfone groups is 1. The molecular weight excluding hydrogens is 354 g/mol. The van der Waals surface area contributed by atoms with Crippen LogP contribution in [0.2, 0.25) is 0 Å². The predicted molar refractivity (Wildman–Crippen MR) is 97.8 cm³/mol. The van der Waals surface area contributed by atoms with Gasteiger partial charge in [-0.3, -0.25) is 14.6 Å². The lowest BCUT2D eigenvalue weighted by Gasteiger charge is -2.28. The van der Waals surface area contributed by atoms with Crippen LogP contribution in [0, 0.1) is 0 Å². The van der Waals surface area contributed by atoms with Gasteiger partial charge in [0, 0.05) is 38.1 Å². The molecule has 0 spiro atoms. The van der Waals surface area contributed by atoms with Crippen LogP contribution in [-0.2, 0) is 9.84 Å². The van der Waals surface area contributed by atoms with Crippen molar-refractivity contribution < 1.29 is 18.0 Å². The summed E-state index contributed by atoms with van der Waals surface area (Å²) in [7, 11) is -3.07. The second-order valence-electron chi connectivity index (χ2n) is 6.96. The molecule has 1 aromatic rings. The Hall–Kier alpha value is -1.96. The zero-order chi connectivity index (χ0) is 18.7. The molecule has 8 heteroatoms. The highest BCUT2D eigenvalue weighted by Gasteiger charge is 2.34. The first-order valence-corrected chi connectivity index (χ1v) is 11.0. The maximum atomic E-state index is 12.9. The molecule has 2 fully saturated rings. The van der Waals surface area contributed by atoms with E-state index in [4.69, 9.17) is 0 Å². The van der Waals surface area contributed by atoms with Crippen molar-refractivity contribution in [3.8, 4) is 0 Å². The lowest BCUT2D eigenvalue weighted by Crippen LogP contribution is -2.41. The number of aromatic nitrogens is 1. The number of piperidine rings is 1. The molecule has 2 aliphatic rings. The van der Waals surface area contributed by atoms with Gasteiger partial charge in [-0.15, -0.1) is 0 Å². The van der Waals surface area contributed by atoms with Crippen LogP contribution in [0.25, 0.3) is 0 Å². The molecule has 142 valence electrons. The first-order chi connectivity index (χ1) is 12.4. The van der Waals surface area contributed by atoms with Crippen LogP contribution in [0.5, 0.6) is 0 Å². The van der Waals surface area contributed by atoms with E-state index < -0.39 is 9.84 Å². The van der Waals surface area contributed by atoms with Crippen LogP contribution in [0.3, 0.4) is 0 Å². The average molecular weight is 379 g/mol. The topological polar surface area (TPSA) is 87.7 Å². The van der Waals surface area contributed by atoms with Gasteiger partial charge < -0.3 is 9.80 Å². The molecule has 1 aromatic heterocycles. The van der Waals surface area contributed by atoms with E-state index in [-0.39, 0.29) is 29.4 Å². The number of pyridine rings is 1. The normalized spacial score (nSPS) is 22.2. The van der Waals surface area contributed by atoms with E-state index >= 15 is 0 Å². The minimum atomic E-state index is -3.07. The summed E-state index contributed by atoms with van der Waals surface area (Å²) in [5.41, 5.74) is 0.742. The quantitative estimate of drug-likeness (QED) is 0.788. The Morgan fingerprint density at radius 2 is 1.88 bits per heavy atom. The highest BCUT2D eigenvalue weighted by atomic mass is 32.2. The fraction of sp³-hybridized carbons (Fsp3) is 0.611. The first kappa shape index (κ1) is 18.8. The van der Waals surface area contributed by atoms with Gasteiger partial charge in [0.15, 0.2) is 9.84 Å². The highest BCUT2D eigenvalue weighted by Crippen LogP contribution is 2.20. The summed E-state index contributed by atoms with van der Waals surface area (Å²) in [5, 5.41) is 0. The van der Waals surface area contributed by atoms with E-state index in [2.05, 4.69) is 4.98 Å². The van der Waals surface area contributed by atoms with Crippen molar-refractivity contribution in [1.82, 2.24) is 14.8 Å². The third-order valence-electron chi connectivity index (χ3n) is 5.13. The molecule has 2 saturated heterocycles. The van der Waals surface area contributed by atoms with Crippen molar-refractivity contribution in [3.05, 3.63) is 29.6 Å². The standard InChI is InChI=1S/C18H25N3O4S/c1-2-21(16-6-9-26(24,25)13-16)18(23)15-10-14(11-19-12-15)17(22)20-7-4-3-5-8-20/h10-12,16H,2-9,13H2,1H3. The number of amides is 2. The van der Waals surface area contributed by atoms with Gasteiger partial charge in [-0.2, -0.15) is 0 Å². The summed E-state index contributed by atoms with van der Waals surface area (Å²) < 4.78 is 23.5. The minimum Gasteiger partial charge on any atom is -0.339 e. The summed E-state index contributed by atoms with van der Waals surface area (Å²) in [5.74, 6) is -0.242. The molecule has 0 saturated carbocycles. The Labute approximate surface area is 154 Å². The predicted octanol–water partition coefficient (Wildman–Crippen LogP) is 1.36. The Balaban J connectivity index is 1.77. The van der Waals surface area contributed by atoms with Gasteiger partial charge in [0.2, 0.25) is 0 Å². The monoisotopic (exact) mass is 379 g/mol. The number of rotatable bonds is 4. The molecule has 0 aliphatic carbocycles. The molecule has 1 unspecified atom stereocenters. The molecule has 0 N–H and O–H groups in total. The number of hydrogen-bond donors (Lipinski definition) is 0. The van der Waals surface area contributed by atoms with Crippen molar-refractivity contribution >= 4 is 21.7 Å². The molecule has 2 amide bonds. The number of nitrogens with zero attached hydrogens (tertiary/aromatic N) is 3. The van der Waals surface area contributed by atoms with Crippen molar-refractivity contribution in [1.29, 1.82) is 0 Å². The third-order valence-corrected chi connectivity index (χ3v) is 6.88. The highest BCUT2D eigenvalue weighted by molar-refractivity contribution is 7.91. The van der Waals surface area contributed by atoms with Gasteiger partial charge in [-0.1, -0.05) is 0 Å². The van der Waals surface area contributed by atoms with Gasteiger partial charge in [0.05, 0.1) is 22.6 Å². The van der Waals surface area contributed by atoms with E-state index in [1.165, 1.54) is 12.4 Å². The van der Waals surface area contributed by atoms with Crippen molar-refractivity contribution in [2.24, 2.45) is 0 Å². The Morgan fingerprint density at radius 1 is 1.19 bits per heavy atom. The molecule has 1 atom stereocenters. The van der Waals surface area contributed by atoms with Crippen LogP contribution in [0.15, 0.2) is 18.5 Å². The van der Waals surface area contributed by atoms with Crippen LogP contribution < -0.4 is 0 Å². The summed E-state index contributed by atoms with van der Waals surface area (Å²) in [6, 6.07) is 1.28. The second kappa shape index (κ2) is 7.73. The van der Waals surface area contributed by atoms with E-state index in [1.54, 1.807) is 15.9 Å². The van der Waals surface area contributed by atoms with E-state index in [9.17, 15) is 18.0 Å². The summed E-state index contributed by atoms with van der Waals surface area (Å²) in [6.07, 6.45) is 6.53. The number of carbonyl (C=O) groups is 2. The third kappa shape index (κ3) is 4.06. The van der Waals surface area contributed by atoms with Gasteiger partial charge in [0.1, 0.15) is 0 Å². The SMILES string of the molecule is CCN(C(=O)c1cncc(C(=O)N2CCCCC2)c1)C1CCS(=O)(=O)C1. The zero-order valence-electron chi connectivity index (χ0n) is 15.1. The Kier molecular flexibility index (Phi) is 5.60. The minimum absolute atomic E-state index is 0.00636. The fourth-order valence-corrected chi connectivity index (χ4v) is 5.44. The lowest BCUT2D eigenvalue weighted by atomic mass is 10.1. The van der Waals surface area contributed by atoms with Crippen molar-refractivity contribution in [3.63, 3.8) is 0 Å². The molecule has 0 radical (unpaired) electrons. The molecule has 3 heterocycles. The molecular formula is C18H25N3O4S. The number of hydrogen-bond acceptors (Lipinski definition) is 5. The summed E-state index contributed by atoms with van der Waals surface area (Å²) >= 11 is 0. The Bertz CT molecular complexity index is 787. The first-order valence-electron chi connectivity index (χ1n) is 9.17. The molecule has 2 aliphatic heterocycles. The van der Waals surface area contributed by atoms with Gasteiger partial charge in [-0.25, -0.2) is 8.42 Å². The molecule has 26 heavy (non-hydrogen) atoms. The lowest BCUT2D eigenvalue weighted by molar-refractivity contribution is 0.0707. The molecule has 3 rings (SSSR count). The Morgan fingerprint density at radius 3 is 2.50 bits per heavy atom. The van der Waals surface area contributed by atoms with E-state index in [0.717, 1.165) is 32.4 Å². The number of likely N-dealkylation sites (tertiary alicyclic amines) is 1. The maximum absolute atomic E-state index is 12.9. The number of carbonyl (C=O) groups excluding carboxylic acids is 2. The maximum Gasteiger partial charge on any atom is 0.255 e. The largest absolute Gasteiger partial charge is 0.339 e. The average Bonchev–Trinajstić information content (AvgIpc) is 3.02. The zero-order valence-corrected chi connectivity index (χ0v) is 15.9. The molecule has 0 bridgehead atoms. The van der Waals surface area contributed by atoms with Crippen LogP contribution in [0.4, 0.5) is 0 Å². The van der Waals surface area contributed by atoms with Crippen LogP contribution >= 0.6 is 0 Å². The van der Waals surface area contributed by atoms with Crippen molar-refractivity contribution in [2.75, 3.05) is 31.1 Å². The molecule has 7 nitrogen and oxygen atoms in total. The van der Waals surface area contributed by atoms with Gasteiger partial charge >= 0.3 is 0 Å². The van der Waals surface area contributed by atoms with Gasteiger partial charge in [-0.05, 0) is 38.7 Å². The fourth-order valence-electron chi connectivity index (χ4n) is 3.71. The summed E-state index contributed by atoms with van der Waals surface area (Å²) in [4.78, 5) is 33.0. The van der Waals surface area contributed by atoms with Crippen LogP contribution in [-0.4, -0.2) is 72.2 Å². The van der Waals surface area contributed by atoms with Gasteiger partial charge in [0.25, 0.3) is 11.8 Å². The van der Waals surface area contributed by atoms with Crippen LogP contribution in [0.1, 0.15) is 53.3 Å². The molecule has 0 aromatic carbocycles. The van der Waals surface area contributed by atoms with Crippen molar-refractivity contribution in [2.45, 2.75) is 38.6 Å². The smallest absolute Gasteiger partial charge is 0.255 e. The van der Waals surface area contributed by atoms with E-state index in [1.807, 2.05) is 6.92 Å². The summed E-state index contributed by atoms with van der Waals surface area (Å²) in [6.45, 7) is 3.72. The van der Waals surface area contributed by atoms with E-state index in [0.29, 0.717) is 24.1 Å². The second-order valence-corrected chi connectivity index (χ2v) is 9.19.